The molecule has 1 fully saturated rings. The first-order valence-corrected chi connectivity index (χ1v) is 9.59. The lowest BCUT2D eigenvalue weighted by Crippen LogP contribution is -2.39. The number of nitrogens with one attached hydrogen (secondary N) is 1. The summed E-state index contributed by atoms with van der Waals surface area (Å²) < 4.78 is 1.92. The van der Waals surface area contributed by atoms with E-state index in [-0.39, 0.29) is 11.8 Å². The number of hydrogen-bond acceptors (Lipinski definition) is 3. The summed E-state index contributed by atoms with van der Waals surface area (Å²) in [6.07, 6.45) is 1.89. The first kappa shape index (κ1) is 18.6. The molecule has 1 aliphatic rings. The summed E-state index contributed by atoms with van der Waals surface area (Å²) in [5.74, 6) is 0.947. The van der Waals surface area contributed by atoms with Gasteiger partial charge in [0.25, 0.3) is 0 Å². The lowest BCUT2D eigenvalue weighted by Gasteiger charge is -2.32. The van der Waals surface area contributed by atoms with E-state index in [9.17, 15) is 4.79 Å². The van der Waals surface area contributed by atoms with Gasteiger partial charge in [-0.3, -0.25) is 4.79 Å². The molecule has 140 valence electrons. The Morgan fingerprint density at radius 3 is 2.38 bits per heavy atom. The first-order valence-electron chi connectivity index (χ1n) is 9.59. The third kappa shape index (κ3) is 4.52. The number of amides is 1. The number of likely N-dealkylation sites (tertiary alicyclic amines) is 1. The van der Waals surface area contributed by atoms with E-state index in [4.69, 9.17) is 0 Å². The average molecular weight is 354 g/mol. The zero-order valence-corrected chi connectivity index (χ0v) is 16.3. The van der Waals surface area contributed by atoms with Crippen molar-refractivity contribution < 1.29 is 4.79 Å². The van der Waals surface area contributed by atoms with E-state index in [0.717, 1.165) is 55.2 Å². The fourth-order valence-electron chi connectivity index (χ4n) is 3.71. The van der Waals surface area contributed by atoms with E-state index in [1.807, 2.05) is 42.8 Å². The minimum Gasteiger partial charge on any atom is -0.326 e. The molecule has 2 aromatic rings. The molecule has 1 N–H and O–H groups in total. The summed E-state index contributed by atoms with van der Waals surface area (Å²) in [5.41, 5.74) is 3.97. The van der Waals surface area contributed by atoms with Crippen molar-refractivity contribution in [1.29, 1.82) is 0 Å². The van der Waals surface area contributed by atoms with Gasteiger partial charge in [0, 0.05) is 23.8 Å². The van der Waals surface area contributed by atoms with Crippen LogP contribution in [0.2, 0.25) is 0 Å². The number of carbonyl (C=O) groups is 1. The van der Waals surface area contributed by atoms with Crippen molar-refractivity contribution in [3.63, 3.8) is 0 Å². The normalized spacial score (nSPS) is 16.2. The number of anilines is 1. The maximum absolute atomic E-state index is 12.6. The smallest absolute Gasteiger partial charge is 0.227 e. The highest BCUT2D eigenvalue weighted by molar-refractivity contribution is 5.92. The molecule has 26 heavy (non-hydrogen) atoms. The van der Waals surface area contributed by atoms with Crippen molar-refractivity contribution in [1.82, 2.24) is 14.7 Å². The molecule has 0 aliphatic carbocycles. The molecular weight excluding hydrogens is 324 g/mol. The van der Waals surface area contributed by atoms with Crippen LogP contribution in [0.15, 0.2) is 30.3 Å². The number of rotatable bonds is 5. The van der Waals surface area contributed by atoms with Crippen LogP contribution >= 0.6 is 0 Å². The highest BCUT2D eigenvalue weighted by Gasteiger charge is 2.25. The number of aryl methyl sites for hydroxylation is 2. The Bertz CT molecular complexity index is 740. The maximum atomic E-state index is 12.6. The molecule has 3 rings (SSSR count). The number of benzene rings is 1. The van der Waals surface area contributed by atoms with E-state index in [1.54, 1.807) is 0 Å². The third-order valence-corrected chi connectivity index (χ3v) is 4.97. The summed E-state index contributed by atoms with van der Waals surface area (Å²) in [5, 5.41) is 7.58. The van der Waals surface area contributed by atoms with E-state index in [1.165, 1.54) is 0 Å². The molecule has 1 aromatic carbocycles. The Balaban J connectivity index is 1.56. The molecule has 5 nitrogen and oxygen atoms in total. The summed E-state index contributed by atoms with van der Waals surface area (Å²) >= 11 is 0. The minimum absolute atomic E-state index is 0.120. The molecule has 5 heteroatoms. The molecule has 0 bridgehead atoms. The largest absolute Gasteiger partial charge is 0.326 e. The highest BCUT2D eigenvalue weighted by atomic mass is 16.1. The second-order valence-electron chi connectivity index (χ2n) is 7.84. The van der Waals surface area contributed by atoms with Gasteiger partial charge in [-0.2, -0.15) is 5.10 Å². The highest BCUT2D eigenvalue weighted by Crippen LogP contribution is 2.21. The van der Waals surface area contributed by atoms with Crippen molar-refractivity contribution in [2.75, 3.05) is 25.0 Å². The van der Waals surface area contributed by atoms with Crippen LogP contribution in [0.3, 0.4) is 0 Å². The van der Waals surface area contributed by atoms with E-state index < -0.39 is 0 Å². The van der Waals surface area contributed by atoms with Crippen molar-refractivity contribution in [3.8, 4) is 5.69 Å². The number of hydrogen-bond donors (Lipinski definition) is 1. The van der Waals surface area contributed by atoms with Gasteiger partial charge >= 0.3 is 0 Å². The third-order valence-electron chi connectivity index (χ3n) is 4.97. The maximum Gasteiger partial charge on any atom is 0.227 e. The minimum atomic E-state index is 0.120. The molecule has 0 radical (unpaired) electrons. The molecule has 0 atom stereocenters. The van der Waals surface area contributed by atoms with Gasteiger partial charge in [0.1, 0.15) is 0 Å². The van der Waals surface area contributed by atoms with Crippen LogP contribution in [0.25, 0.3) is 5.69 Å². The Hall–Kier alpha value is -2.14. The molecule has 1 saturated heterocycles. The van der Waals surface area contributed by atoms with E-state index in [2.05, 4.69) is 35.2 Å². The Labute approximate surface area is 156 Å². The van der Waals surface area contributed by atoms with Gasteiger partial charge in [-0.15, -0.1) is 0 Å². The fourth-order valence-corrected chi connectivity index (χ4v) is 3.71. The summed E-state index contributed by atoms with van der Waals surface area (Å²) in [4.78, 5) is 15.0. The summed E-state index contributed by atoms with van der Waals surface area (Å²) in [6, 6.07) is 9.97. The number of nitrogens with zero attached hydrogens (tertiary/aromatic N) is 3. The molecule has 0 spiro atoms. The molecule has 0 unspecified atom stereocenters. The monoisotopic (exact) mass is 354 g/mol. The van der Waals surface area contributed by atoms with Crippen LogP contribution in [-0.2, 0) is 4.79 Å². The van der Waals surface area contributed by atoms with Crippen LogP contribution in [0.1, 0.15) is 38.1 Å². The number of aromatic nitrogens is 2. The Morgan fingerprint density at radius 2 is 1.85 bits per heavy atom. The number of carbonyl (C=O) groups excluding carboxylic acids is 1. The quantitative estimate of drug-likeness (QED) is 0.889. The molecular formula is C21H30N4O. The lowest BCUT2D eigenvalue weighted by molar-refractivity contribution is -0.121. The van der Waals surface area contributed by atoms with Crippen LogP contribution in [0.4, 0.5) is 5.69 Å². The standard InChI is InChI=1S/C21H30N4O/c1-15(2)14-24-11-9-18(10-12-24)21(26)22-19-5-7-20(8-6-19)25-17(4)13-16(3)23-25/h5-8,13,15,18H,9-12,14H2,1-4H3,(H,22,26). The molecule has 0 saturated carbocycles. The zero-order valence-electron chi connectivity index (χ0n) is 16.3. The van der Waals surface area contributed by atoms with Crippen LogP contribution in [0.5, 0.6) is 0 Å². The van der Waals surface area contributed by atoms with Gasteiger partial charge < -0.3 is 10.2 Å². The SMILES string of the molecule is Cc1cc(C)n(-c2ccc(NC(=O)C3CCN(CC(C)C)CC3)cc2)n1. The second-order valence-corrected chi connectivity index (χ2v) is 7.84. The molecule has 1 amide bonds. The van der Waals surface area contributed by atoms with Gasteiger partial charge in [0.15, 0.2) is 0 Å². The van der Waals surface area contributed by atoms with Gasteiger partial charge in [0.2, 0.25) is 5.91 Å². The van der Waals surface area contributed by atoms with Gasteiger partial charge in [-0.05, 0) is 76.0 Å². The van der Waals surface area contributed by atoms with E-state index >= 15 is 0 Å². The van der Waals surface area contributed by atoms with Gasteiger partial charge in [-0.25, -0.2) is 4.68 Å². The first-order chi connectivity index (χ1) is 12.4. The van der Waals surface area contributed by atoms with Crippen molar-refractivity contribution in [2.45, 2.75) is 40.5 Å². The van der Waals surface area contributed by atoms with Crippen LogP contribution in [0, 0.1) is 25.7 Å². The van der Waals surface area contributed by atoms with Gasteiger partial charge in [-0.1, -0.05) is 13.8 Å². The molecule has 1 aromatic heterocycles. The van der Waals surface area contributed by atoms with Crippen LogP contribution in [-0.4, -0.2) is 40.2 Å². The predicted octanol–water partition coefficient (Wildman–Crippen LogP) is 3.80. The second kappa shape index (κ2) is 8.04. The zero-order chi connectivity index (χ0) is 18.7. The Morgan fingerprint density at radius 1 is 1.19 bits per heavy atom. The fraction of sp³-hybridized carbons (Fsp3) is 0.524. The predicted molar refractivity (Wildman–Crippen MR) is 106 cm³/mol. The Kier molecular flexibility index (Phi) is 5.77. The average Bonchev–Trinajstić information content (AvgIpc) is 2.94. The van der Waals surface area contributed by atoms with Crippen molar-refractivity contribution >= 4 is 11.6 Å². The van der Waals surface area contributed by atoms with E-state index in [0.29, 0.717) is 5.92 Å². The van der Waals surface area contributed by atoms with Crippen molar-refractivity contribution in [2.24, 2.45) is 11.8 Å². The van der Waals surface area contributed by atoms with Crippen molar-refractivity contribution in [3.05, 3.63) is 41.7 Å². The summed E-state index contributed by atoms with van der Waals surface area (Å²) in [7, 11) is 0. The van der Waals surface area contributed by atoms with Crippen LogP contribution < -0.4 is 5.32 Å². The number of piperidine rings is 1. The topological polar surface area (TPSA) is 50.2 Å². The van der Waals surface area contributed by atoms with Gasteiger partial charge in [0.05, 0.1) is 11.4 Å². The summed E-state index contributed by atoms with van der Waals surface area (Å²) in [6.45, 7) is 11.7. The molecule has 1 aliphatic heterocycles. The lowest BCUT2D eigenvalue weighted by atomic mass is 9.95. The molecule has 2 heterocycles.